The highest BCUT2D eigenvalue weighted by atomic mass is 16.7. The Morgan fingerprint density at radius 1 is 1.23 bits per heavy atom. The van der Waals surface area contributed by atoms with E-state index in [1.807, 2.05) is 0 Å². The Hall–Kier alpha value is -3.72. The van der Waals surface area contributed by atoms with Crippen LogP contribution in [0, 0.1) is 6.57 Å². The van der Waals surface area contributed by atoms with Crippen LogP contribution in [0.3, 0.4) is 0 Å². The number of ether oxygens (including phenoxy) is 4. The van der Waals surface area contributed by atoms with Crippen molar-refractivity contribution in [3.8, 4) is 0 Å². The second kappa shape index (κ2) is 7.96. The summed E-state index contributed by atoms with van der Waals surface area (Å²) in [5.74, 6) is -1.88. The smallest absolute Gasteiger partial charge is 0.412 e. The van der Waals surface area contributed by atoms with Crippen molar-refractivity contribution in [3.05, 3.63) is 35.6 Å². The van der Waals surface area contributed by atoms with Crippen LogP contribution in [0.4, 0.5) is 5.82 Å². The number of rotatable bonds is 5. The van der Waals surface area contributed by atoms with Gasteiger partial charge in [0.2, 0.25) is 12.7 Å². The van der Waals surface area contributed by atoms with E-state index in [4.69, 9.17) is 31.3 Å². The molecule has 3 rings (SSSR count). The summed E-state index contributed by atoms with van der Waals surface area (Å²) in [6, 6.07) is 3.24. The van der Waals surface area contributed by atoms with Crippen LogP contribution in [0.25, 0.3) is 10.4 Å². The number of fused-ring (bicyclic) bond motifs is 1. The number of hydrogen-bond donors (Lipinski definition) is 1. The average molecular weight is 417 g/mol. The minimum absolute atomic E-state index is 0.200. The van der Waals surface area contributed by atoms with Crippen LogP contribution in [-0.2, 0) is 33.3 Å². The van der Waals surface area contributed by atoms with E-state index in [0.29, 0.717) is 11.2 Å². The fourth-order valence-electron chi connectivity index (χ4n) is 3.28. The molecule has 1 saturated heterocycles. The lowest BCUT2D eigenvalue weighted by Gasteiger charge is -2.23. The number of anilines is 1. The fraction of sp³-hybridized carbons (Fsp3) is 0.444. The van der Waals surface area contributed by atoms with Crippen molar-refractivity contribution in [1.82, 2.24) is 14.6 Å². The topological polar surface area (TPSA) is 149 Å². The van der Waals surface area contributed by atoms with Crippen LogP contribution in [0.15, 0.2) is 18.5 Å². The van der Waals surface area contributed by atoms with Crippen LogP contribution in [0.5, 0.6) is 0 Å². The molecule has 1 aliphatic rings. The van der Waals surface area contributed by atoms with E-state index in [1.165, 1.54) is 17.8 Å². The number of esters is 3. The number of nitrogens with zero attached hydrogens (tertiary/aromatic N) is 4. The summed E-state index contributed by atoms with van der Waals surface area (Å²) in [5, 5.41) is 4.13. The van der Waals surface area contributed by atoms with Crippen molar-refractivity contribution in [2.75, 3.05) is 12.3 Å². The summed E-state index contributed by atoms with van der Waals surface area (Å²) in [4.78, 5) is 42.3. The lowest BCUT2D eigenvalue weighted by atomic mass is 10.0. The summed E-state index contributed by atoms with van der Waals surface area (Å²) in [6.45, 7) is 10.6. The largest absolute Gasteiger partial charge is 0.455 e. The normalized spacial score (nSPS) is 25.5. The van der Waals surface area contributed by atoms with Gasteiger partial charge in [-0.05, 0) is 12.1 Å². The van der Waals surface area contributed by atoms with Crippen LogP contribution >= 0.6 is 0 Å². The second-order valence-electron chi connectivity index (χ2n) is 6.58. The Morgan fingerprint density at radius 2 is 1.93 bits per heavy atom. The summed E-state index contributed by atoms with van der Waals surface area (Å²) >= 11 is 0. The van der Waals surface area contributed by atoms with E-state index in [-0.39, 0.29) is 5.82 Å². The molecule has 3 heterocycles. The summed E-state index contributed by atoms with van der Waals surface area (Å²) in [6.07, 6.45) is -2.44. The van der Waals surface area contributed by atoms with Crippen LogP contribution in [0.1, 0.15) is 32.6 Å². The fourth-order valence-corrected chi connectivity index (χ4v) is 3.28. The molecule has 0 aromatic carbocycles. The van der Waals surface area contributed by atoms with E-state index in [9.17, 15) is 14.4 Å². The van der Waals surface area contributed by atoms with Gasteiger partial charge in [0.25, 0.3) is 0 Å². The van der Waals surface area contributed by atoms with E-state index < -0.39 is 48.6 Å². The number of nitrogen functional groups attached to an aromatic ring is 1. The van der Waals surface area contributed by atoms with Crippen molar-refractivity contribution in [2.24, 2.45) is 0 Å². The molecule has 0 spiro atoms. The van der Waals surface area contributed by atoms with Gasteiger partial charge in [0.15, 0.2) is 11.9 Å². The van der Waals surface area contributed by atoms with Gasteiger partial charge in [-0.2, -0.15) is 5.10 Å². The zero-order valence-electron chi connectivity index (χ0n) is 16.4. The molecule has 12 nitrogen and oxygen atoms in total. The Kier molecular flexibility index (Phi) is 5.57. The molecular weight excluding hydrogens is 398 g/mol. The minimum atomic E-state index is -1.94. The highest BCUT2D eigenvalue weighted by Gasteiger charge is 2.67. The van der Waals surface area contributed by atoms with Crippen molar-refractivity contribution in [3.63, 3.8) is 0 Å². The number of carbonyl (C=O) groups is 3. The molecule has 30 heavy (non-hydrogen) atoms. The monoisotopic (exact) mass is 417 g/mol. The molecule has 0 radical (unpaired) electrons. The zero-order chi connectivity index (χ0) is 22.1. The maximum Gasteiger partial charge on any atom is 0.412 e. The molecule has 0 saturated carbocycles. The first-order valence-corrected chi connectivity index (χ1v) is 8.81. The first kappa shape index (κ1) is 21.0. The van der Waals surface area contributed by atoms with Crippen molar-refractivity contribution in [1.29, 1.82) is 0 Å². The minimum Gasteiger partial charge on any atom is -0.455 e. The third-order valence-corrected chi connectivity index (χ3v) is 4.44. The van der Waals surface area contributed by atoms with Crippen molar-refractivity contribution >= 4 is 29.2 Å². The van der Waals surface area contributed by atoms with Gasteiger partial charge >= 0.3 is 23.6 Å². The van der Waals surface area contributed by atoms with Gasteiger partial charge in [-0.1, -0.05) is 0 Å². The SMILES string of the molecule is [C-]#[N+][C@]1(COC(C)=O)O[C@@H](c2ccc3c(N)ncnn23)[C@H](OC(C)=O)[C@@H]1OC(C)=O. The van der Waals surface area contributed by atoms with Gasteiger partial charge in [-0.25, -0.2) is 16.1 Å². The van der Waals surface area contributed by atoms with Crippen molar-refractivity contribution in [2.45, 2.75) is 44.8 Å². The molecule has 0 bridgehead atoms. The maximum absolute atomic E-state index is 11.8. The lowest BCUT2D eigenvalue weighted by molar-refractivity contribution is -0.171. The molecule has 1 aliphatic heterocycles. The van der Waals surface area contributed by atoms with E-state index in [2.05, 4.69) is 14.9 Å². The van der Waals surface area contributed by atoms with E-state index in [1.54, 1.807) is 12.1 Å². The lowest BCUT2D eigenvalue weighted by Crippen LogP contribution is -2.48. The molecule has 12 heteroatoms. The molecule has 4 atom stereocenters. The van der Waals surface area contributed by atoms with Crippen molar-refractivity contribution < 1.29 is 33.3 Å². The third kappa shape index (κ3) is 3.74. The molecule has 2 aromatic heterocycles. The number of aromatic nitrogens is 3. The molecular formula is C18H19N5O7. The van der Waals surface area contributed by atoms with Gasteiger partial charge in [-0.3, -0.25) is 24.0 Å². The highest BCUT2D eigenvalue weighted by molar-refractivity contribution is 5.69. The number of hydrogen-bond acceptors (Lipinski definition) is 10. The number of nitrogens with two attached hydrogens (primary N) is 1. The molecule has 2 N–H and O–H groups in total. The molecule has 0 amide bonds. The highest BCUT2D eigenvalue weighted by Crippen LogP contribution is 2.45. The third-order valence-electron chi connectivity index (χ3n) is 4.44. The van der Waals surface area contributed by atoms with Gasteiger partial charge in [0, 0.05) is 20.8 Å². The summed E-state index contributed by atoms with van der Waals surface area (Å²) in [7, 11) is 0. The van der Waals surface area contributed by atoms with Crippen LogP contribution in [0.2, 0.25) is 0 Å². The van der Waals surface area contributed by atoms with Gasteiger partial charge < -0.3 is 19.9 Å². The number of carbonyl (C=O) groups excluding carboxylic acids is 3. The van der Waals surface area contributed by atoms with Crippen LogP contribution in [-0.4, -0.2) is 57.0 Å². The van der Waals surface area contributed by atoms with Gasteiger partial charge in [0.1, 0.15) is 17.9 Å². The second-order valence-corrected chi connectivity index (χ2v) is 6.58. The maximum atomic E-state index is 11.8. The van der Waals surface area contributed by atoms with E-state index in [0.717, 1.165) is 13.8 Å². The standard InChI is InChI=1S/C18H19N5O7/c1-9(24)27-7-18(20-4)16(29-11(3)26)15(28-10(2)25)14(30-18)12-5-6-13-17(19)21-8-22-23(12)13/h5-6,8,14-16H,7H2,1-3H3,(H2,19,21,22)/t14-,15-,16-,18+/m0/s1. The predicted octanol–water partition coefficient (Wildman–Crippen LogP) is 0.425. The quantitative estimate of drug-likeness (QED) is 0.412. The van der Waals surface area contributed by atoms with Crippen LogP contribution < -0.4 is 5.73 Å². The molecule has 0 aliphatic carbocycles. The molecule has 1 fully saturated rings. The molecule has 0 unspecified atom stereocenters. The Bertz CT molecular complexity index is 1050. The average Bonchev–Trinajstić information content (AvgIpc) is 3.21. The van der Waals surface area contributed by atoms with E-state index >= 15 is 0 Å². The summed E-state index contributed by atoms with van der Waals surface area (Å²) in [5.41, 5.74) is 4.76. The first-order valence-electron chi connectivity index (χ1n) is 8.81. The Morgan fingerprint density at radius 3 is 2.53 bits per heavy atom. The Labute approximate surface area is 170 Å². The first-order chi connectivity index (χ1) is 14.2. The van der Waals surface area contributed by atoms with Gasteiger partial charge in [-0.15, -0.1) is 0 Å². The zero-order valence-corrected chi connectivity index (χ0v) is 16.4. The predicted molar refractivity (Wildman–Crippen MR) is 98.3 cm³/mol. The Balaban J connectivity index is 2.13. The molecule has 158 valence electrons. The summed E-state index contributed by atoms with van der Waals surface area (Å²) < 4.78 is 23.1. The van der Waals surface area contributed by atoms with Gasteiger partial charge in [0.05, 0.1) is 5.69 Å². The molecule has 2 aromatic rings.